The summed E-state index contributed by atoms with van der Waals surface area (Å²) in [4.78, 5) is 4.31. The van der Waals surface area contributed by atoms with Gasteiger partial charge in [-0.05, 0) is 72.0 Å². The van der Waals surface area contributed by atoms with Crippen molar-refractivity contribution in [1.29, 1.82) is 0 Å². The topological polar surface area (TPSA) is 54.4 Å². The molecule has 2 aromatic carbocycles. The van der Waals surface area contributed by atoms with Crippen molar-refractivity contribution in [2.24, 2.45) is 0 Å². The standard InChI is InChI=1S/C24H34BrFN2O4/c1-5-28(6-2)11-12-31-23-10-7-18(13-24(23)30-4)15-27(3)16-19(29)17-32-20-8-9-22(26)21(25)14-20/h7-10,13-14,19,29H,5-6,11-12,15-17H2,1-4H3. The van der Waals surface area contributed by atoms with Crippen LogP contribution in [-0.4, -0.2) is 74.6 Å². The quantitative estimate of drug-likeness (QED) is 0.409. The van der Waals surface area contributed by atoms with Crippen LogP contribution in [0.2, 0.25) is 0 Å². The molecule has 0 aromatic heterocycles. The third-order valence-corrected chi connectivity index (χ3v) is 5.70. The maximum atomic E-state index is 13.3. The SMILES string of the molecule is CCN(CC)CCOc1ccc(CN(C)CC(O)COc2ccc(F)c(Br)c2)cc1OC. The fourth-order valence-electron chi connectivity index (χ4n) is 3.30. The van der Waals surface area contributed by atoms with Crippen LogP contribution in [0.3, 0.4) is 0 Å². The maximum Gasteiger partial charge on any atom is 0.161 e. The van der Waals surface area contributed by atoms with E-state index in [2.05, 4.69) is 34.7 Å². The maximum absolute atomic E-state index is 13.3. The fraction of sp³-hybridized carbons (Fsp3) is 0.500. The first-order valence-corrected chi connectivity index (χ1v) is 11.6. The zero-order valence-corrected chi connectivity index (χ0v) is 20.9. The summed E-state index contributed by atoms with van der Waals surface area (Å²) in [6.07, 6.45) is -0.687. The van der Waals surface area contributed by atoms with E-state index >= 15 is 0 Å². The van der Waals surface area contributed by atoms with Gasteiger partial charge in [0.25, 0.3) is 0 Å². The lowest BCUT2D eigenvalue weighted by atomic mass is 10.2. The molecule has 32 heavy (non-hydrogen) atoms. The number of rotatable bonds is 14. The fourth-order valence-corrected chi connectivity index (χ4v) is 3.66. The lowest BCUT2D eigenvalue weighted by Gasteiger charge is -2.22. The molecule has 0 saturated carbocycles. The van der Waals surface area contributed by atoms with Gasteiger partial charge in [-0.15, -0.1) is 0 Å². The van der Waals surface area contributed by atoms with Gasteiger partial charge in [0, 0.05) is 19.6 Å². The van der Waals surface area contributed by atoms with Crippen molar-refractivity contribution in [3.05, 3.63) is 52.3 Å². The Balaban J connectivity index is 1.83. The molecule has 0 spiro atoms. The molecule has 178 valence electrons. The Bertz CT molecular complexity index is 836. The highest BCUT2D eigenvalue weighted by Crippen LogP contribution is 2.28. The average Bonchev–Trinajstić information content (AvgIpc) is 2.78. The van der Waals surface area contributed by atoms with E-state index in [1.54, 1.807) is 13.2 Å². The van der Waals surface area contributed by atoms with Crippen molar-refractivity contribution < 1.29 is 23.7 Å². The first-order chi connectivity index (χ1) is 15.4. The largest absolute Gasteiger partial charge is 0.493 e. The van der Waals surface area contributed by atoms with Crippen molar-refractivity contribution in [3.8, 4) is 17.2 Å². The van der Waals surface area contributed by atoms with Crippen LogP contribution < -0.4 is 14.2 Å². The summed E-state index contributed by atoms with van der Waals surface area (Å²) in [5, 5.41) is 10.3. The van der Waals surface area contributed by atoms with Gasteiger partial charge in [-0.2, -0.15) is 0 Å². The molecule has 0 fully saturated rings. The van der Waals surface area contributed by atoms with Gasteiger partial charge in [-0.3, -0.25) is 4.90 Å². The van der Waals surface area contributed by atoms with Crippen molar-refractivity contribution in [3.63, 3.8) is 0 Å². The first-order valence-electron chi connectivity index (χ1n) is 10.8. The number of methoxy groups -OCH3 is 1. The van der Waals surface area contributed by atoms with Crippen LogP contribution in [0, 0.1) is 5.82 Å². The minimum atomic E-state index is -0.687. The van der Waals surface area contributed by atoms with E-state index in [0.29, 0.717) is 35.7 Å². The predicted octanol–water partition coefficient (Wildman–Crippen LogP) is 4.19. The number of nitrogens with zero attached hydrogens (tertiary/aromatic N) is 2. The molecular formula is C24H34BrFN2O4. The minimum Gasteiger partial charge on any atom is -0.493 e. The summed E-state index contributed by atoms with van der Waals surface area (Å²) < 4.78 is 30.6. The van der Waals surface area contributed by atoms with E-state index in [4.69, 9.17) is 14.2 Å². The molecule has 0 aliphatic carbocycles. The first kappa shape index (κ1) is 26.4. The molecule has 2 rings (SSSR count). The van der Waals surface area contributed by atoms with Crippen LogP contribution in [0.25, 0.3) is 0 Å². The van der Waals surface area contributed by atoms with E-state index in [1.165, 1.54) is 12.1 Å². The Labute approximate surface area is 199 Å². The number of ether oxygens (including phenoxy) is 3. The molecule has 0 aliphatic rings. The molecule has 0 aliphatic heterocycles. The number of benzene rings is 2. The second kappa shape index (κ2) is 13.6. The molecule has 1 N–H and O–H groups in total. The van der Waals surface area contributed by atoms with Crippen LogP contribution in [0.5, 0.6) is 17.2 Å². The molecule has 0 saturated heterocycles. The zero-order valence-electron chi connectivity index (χ0n) is 19.3. The molecule has 0 heterocycles. The summed E-state index contributed by atoms with van der Waals surface area (Å²) in [6.45, 7) is 8.93. The summed E-state index contributed by atoms with van der Waals surface area (Å²) in [6, 6.07) is 10.3. The summed E-state index contributed by atoms with van der Waals surface area (Å²) in [5.41, 5.74) is 1.05. The summed E-state index contributed by atoms with van der Waals surface area (Å²) in [7, 11) is 3.56. The molecule has 0 radical (unpaired) electrons. The second-order valence-electron chi connectivity index (χ2n) is 7.60. The Morgan fingerprint density at radius 2 is 1.81 bits per heavy atom. The molecule has 0 amide bonds. The molecule has 6 nitrogen and oxygen atoms in total. The van der Waals surface area contributed by atoms with Gasteiger partial charge in [0.05, 0.1) is 11.6 Å². The van der Waals surface area contributed by atoms with E-state index in [-0.39, 0.29) is 12.4 Å². The third-order valence-electron chi connectivity index (χ3n) is 5.10. The van der Waals surface area contributed by atoms with Gasteiger partial charge in [0.1, 0.15) is 30.9 Å². The Kier molecular flexibility index (Phi) is 11.2. The van der Waals surface area contributed by atoms with Crippen LogP contribution in [0.1, 0.15) is 19.4 Å². The Morgan fingerprint density at radius 3 is 2.47 bits per heavy atom. The highest BCUT2D eigenvalue weighted by Gasteiger charge is 2.13. The van der Waals surface area contributed by atoms with E-state index in [1.807, 2.05) is 30.1 Å². The molecule has 0 bridgehead atoms. The van der Waals surface area contributed by atoms with E-state index in [9.17, 15) is 9.50 Å². The van der Waals surface area contributed by atoms with Crippen LogP contribution >= 0.6 is 15.9 Å². The minimum absolute atomic E-state index is 0.116. The smallest absolute Gasteiger partial charge is 0.161 e. The van der Waals surface area contributed by atoms with Crippen molar-refractivity contribution >= 4 is 15.9 Å². The van der Waals surface area contributed by atoms with Crippen molar-refractivity contribution in [2.45, 2.75) is 26.5 Å². The molecule has 2 aromatic rings. The van der Waals surface area contributed by atoms with Gasteiger partial charge in [-0.1, -0.05) is 19.9 Å². The number of hydrogen-bond donors (Lipinski definition) is 1. The lowest BCUT2D eigenvalue weighted by molar-refractivity contribution is 0.0743. The predicted molar refractivity (Wildman–Crippen MR) is 128 cm³/mol. The Hall–Kier alpha value is -1.87. The highest BCUT2D eigenvalue weighted by atomic mass is 79.9. The van der Waals surface area contributed by atoms with Crippen LogP contribution in [-0.2, 0) is 6.54 Å². The zero-order chi connectivity index (χ0) is 23.5. The number of aliphatic hydroxyl groups is 1. The van der Waals surface area contributed by atoms with Crippen molar-refractivity contribution in [1.82, 2.24) is 9.80 Å². The van der Waals surface area contributed by atoms with Crippen LogP contribution in [0.4, 0.5) is 4.39 Å². The van der Waals surface area contributed by atoms with E-state index < -0.39 is 6.10 Å². The van der Waals surface area contributed by atoms with Crippen molar-refractivity contribution in [2.75, 3.05) is 53.6 Å². The molecule has 1 unspecified atom stereocenters. The van der Waals surface area contributed by atoms with Gasteiger partial charge >= 0.3 is 0 Å². The molecular weight excluding hydrogens is 479 g/mol. The van der Waals surface area contributed by atoms with Crippen LogP contribution in [0.15, 0.2) is 40.9 Å². The molecule has 8 heteroatoms. The number of hydrogen-bond acceptors (Lipinski definition) is 6. The van der Waals surface area contributed by atoms with E-state index in [0.717, 1.165) is 30.9 Å². The Morgan fingerprint density at radius 1 is 1.06 bits per heavy atom. The van der Waals surface area contributed by atoms with Gasteiger partial charge in [0.2, 0.25) is 0 Å². The summed E-state index contributed by atoms with van der Waals surface area (Å²) >= 11 is 3.13. The third kappa shape index (κ3) is 8.58. The number of likely N-dealkylation sites (N-methyl/N-ethyl adjacent to an activating group) is 2. The lowest BCUT2D eigenvalue weighted by Crippen LogP contribution is -2.32. The monoisotopic (exact) mass is 512 g/mol. The van der Waals surface area contributed by atoms with Gasteiger partial charge in [0.15, 0.2) is 11.5 Å². The highest BCUT2D eigenvalue weighted by molar-refractivity contribution is 9.10. The molecule has 1 atom stereocenters. The van der Waals surface area contributed by atoms with Gasteiger partial charge < -0.3 is 24.2 Å². The average molecular weight is 513 g/mol. The second-order valence-corrected chi connectivity index (χ2v) is 8.45. The normalized spacial score (nSPS) is 12.3. The number of aliphatic hydroxyl groups excluding tert-OH is 1. The summed E-state index contributed by atoms with van der Waals surface area (Å²) in [5.74, 6) is 1.57. The number of halogens is 2. The van der Waals surface area contributed by atoms with Gasteiger partial charge in [-0.25, -0.2) is 4.39 Å².